The van der Waals surface area contributed by atoms with Crippen LogP contribution < -0.4 is 0 Å². The van der Waals surface area contributed by atoms with Crippen LogP contribution in [0.5, 0.6) is 0 Å². The molecule has 2 aromatic rings. The van der Waals surface area contributed by atoms with Gasteiger partial charge in [0.25, 0.3) is 0 Å². The molecule has 3 nitrogen and oxygen atoms in total. The summed E-state index contributed by atoms with van der Waals surface area (Å²) in [5, 5.41) is 0. The average molecular weight is 324 g/mol. The van der Waals surface area contributed by atoms with Crippen LogP contribution in [0.1, 0.15) is 36.0 Å². The van der Waals surface area contributed by atoms with Crippen LogP contribution >= 0.6 is 0 Å². The molecule has 1 heterocycles. The third kappa shape index (κ3) is 5.20. The Hall–Kier alpha value is -2.13. The molecule has 0 N–H and O–H groups in total. The predicted octanol–water partition coefficient (Wildman–Crippen LogP) is 3.93. The Bertz CT molecular complexity index is 628. The molecule has 1 aliphatic rings. The lowest BCUT2D eigenvalue weighted by molar-refractivity contribution is -0.148. The van der Waals surface area contributed by atoms with E-state index in [4.69, 9.17) is 9.47 Å². The zero-order chi connectivity index (χ0) is 16.6. The molecule has 0 bridgehead atoms. The largest absolute Gasteiger partial charge is 0.463 e. The topological polar surface area (TPSA) is 35.5 Å². The van der Waals surface area contributed by atoms with Crippen molar-refractivity contribution in [2.75, 3.05) is 13.2 Å². The Morgan fingerprint density at radius 2 is 1.67 bits per heavy atom. The standard InChI is InChI=1S/C21H24O3/c22-21(24-16-20-8-4-5-13-23-20)15-19-11-9-18(10-12-19)14-17-6-2-1-3-7-17/h1-3,6-7,9-12,20H,4-5,8,13-16H2. The van der Waals surface area contributed by atoms with Crippen molar-refractivity contribution < 1.29 is 14.3 Å². The van der Waals surface area contributed by atoms with E-state index < -0.39 is 0 Å². The summed E-state index contributed by atoms with van der Waals surface area (Å²) in [5.74, 6) is -0.181. The van der Waals surface area contributed by atoms with E-state index in [1.54, 1.807) is 0 Å². The van der Waals surface area contributed by atoms with E-state index in [2.05, 4.69) is 36.4 Å². The molecule has 24 heavy (non-hydrogen) atoms. The molecule has 0 radical (unpaired) electrons. The van der Waals surface area contributed by atoms with Gasteiger partial charge in [-0.25, -0.2) is 0 Å². The molecule has 3 rings (SSSR count). The van der Waals surface area contributed by atoms with Gasteiger partial charge in [-0.3, -0.25) is 4.79 Å². The highest BCUT2D eigenvalue weighted by Gasteiger charge is 2.16. The minimum atomic E-state index is -0.181. The van der Waals surface area contributed by atoms with E-state index >= 15 is 0 Å². The monoisotopic (exact) mass is 324 g/mol. The van der Waals surface area contributed by atoms with Crippen molar-refractivity contribution in [3.63, 3.8) is 0 Å². The summed E-state index contributed by atoms with van der Waals surface area (Å²) in [6.45, 7) is 1.16. The second-order valence-electron chi connectivity index (χ2n) is 6.33. The minimum absolute atomic E-state index is 0.0796. The van der Waals surface area contributed by atoms with Gasteiger partial charge in [0, 0.05) is 6.61 Å². The van der Waals surface area contributed by atoms with Gasteiger partial charge in [-0.15, -0.1) is 0 Å². The van der Waals surface area contributed by atoms with E-state index in [0.29, 0.717) is 13.0 Å². The molecule has 0 aliphatic carbocycles. The molecule has 0 spiro atoms. The van der Waals surface area contributed by atoms with Gasteiger partial charge in [0.1, 0.15) is 6.61 Å². The van der Waals surface area contributed by atoms with Crippen LogP contribution in [0.15, 0.2) is 54.6 Å². The van der Waals surface area contributed by atoms with Crippen molar-refractivity contribution in [3.05, 3.63) is 71.3 Å². The first kappa shape index (κ1) is 16.7. The number of hydrogen-bond donors (Lipinski definition) is 0. The summed E-state index contributed by atoms with van der Waals surface area (Å²) in [6.07, 6.45) is 4.56. The molecule has 2 aromatic carbocycles. The third-order valence-electron chi connectivity index (χ3n) is 4.33. The molecule has 1 aliphatic heterocycles. The maximum absolute atomic E-state index is 12.0. The Morgan fingerprint density at radius 3 is 2.38 bits per heavy atom. The van der Waals surface area contributed by atoms with E-state index in [9.17, 15) is 4.79 Å². The Balaban J connectivity index is 1.45. The van der Waals surface area contributed by atoms with Crippen LogP contribution in [0, 0.1) is 0 Å². The van der Waals surface area contributed by atoms with Gasteiger partial charge in [-0.1, -0.05) is 54.6 Å². The Kier molecular flexibility index (Phi) is 6.02. The average Bonchev–Trinajstić information content (AvgIpc) is 2.63. The first-order chi connectivity index (χ1) is 11.8. The van der Waals surface area contributed by atoms with Gasteiger partial charge in [-0.2, -0.15) is 0 Å². The lowest BCUT2D eigenvalue weighted by Crippen LogP contribution is -2.26. The molecule has 1 unspecified atom stereocenters. The maximum atomic E-state index is 12.0. The van der Waals surface area contributed by atoms with Crippen molar-refractivity contribution in [3.8, 4) is 0 Å². The van der Waals surface area contributed by atoms with E-state index in [1.807, 2.05) is 18.2 Å². The molecular formula is C21H24O3. The molecule has 126 valence electrons. The number of rotatable bonds is 6. The van der Waals surface area contributed by atoms with Crippen molar-refractivity contribution in [2.24, 2.45) is 0 Å². The maximum Gasteiger partial charge on any atom is 0.310 e. The number of hydrogen-bond acceptors (Lipinski definition) is 3. The number of benzene rings is 2. The zero-order valence-corrected chi connectivity index (χ0v) is 13.9. The second kappa shape index (κ2) is 8.65. The fraction of sp³-hybridized carbons (Fsp3) is 0.381. The second-order valence-corrected chi connectivity index (χ2v) is 6.33. The van der Waals surface area contributed by atoms with E-state index in [1.165, 1.54) is 11.1 Å². The molecule has 3 heteroatoms. The Morgan fingerprint density at radius 1 is 0.958 bits per heavy atom. The van der Waals surface area contributed by atoms with Crippen molar-refractivity contribution in [2.45, 2.75) is 38.2 Å². The van der Waals surface area contributed by atoms with Gasteiger partial charge in [-0.05, 0) is 42.4 Å². The summed E-state index contributed by atoms with van der Waals surface area (Å²) in [7, 11) is 0. The van der Waals surface area contributed by atoms with Crippen LogP contribution in [0.25, 0.3) is 0 Å². The summed E-state index contributed by atoms with van der Waals surface area (Å²) in [4.78, 5) is 12.0. The van der Waals surface area contributed by atoms with Crippen LogP contribution in [0.2, 0.25) is 0 Å². The highest BCUT2D eigenvalue weighted by Crippen LogP contribution is 2.14. The number of carbonyl (C=O) groups excluding carboxylic acids is 1. The lowest BCUT2D eigenvalue weighted by Gasteiger charge is -2.22. The van der Waals surface area contributed by atoms with Crippen molar-refractivity contribution >= 4 is 5.97 Å². The third-order valence-corrected chi connectivity index (χ3v) is 4.33. The van der Waals surface area contributed by atoms with E-state index in [-0.39, 0.29) is 12.1 Å². The SMILES string of the molecule is O=C(Cc1ccc(Cc2ccccc2)cc1)OCC1CCCCO1. The number of carbonyl (C=O) groups is 1. The van der Waals surface area contributed by atoms with Gasteiger partial charge in [0.2, 0.25) is 0 Å². The molecular weight excluding hydrogens is 300 g/mol. The van der Waals surface area contributed by atoms with Crippen LogP contribution in [0.3, 0.4) is 0 Å². The lowest BCUT2D eigenvalue weighted by atomic mass is 10.0. The van der Waals surface area contributed by atoms with Crippen molar-refractivity contribution in [1.82, 2.24) is 0 Å². The fourth-order valence-electron chi connectivity index (χ4n) is 2.95. The normalized spacial score (nSPS) is 17.4. The molecule has 0 aromatic heterocycles. The fourth-order valence-corrected chi connectivity index (χ4v) is 2.95. The van der Waals surface area contributed by atoms with E-state index in [0.717, 1.165) is 37.9 Å². The summed E-state index contributed by atoms with van der Waals surface area (Å²) in [5.41, 5.74) is 3.52. The summed E-state index contributed by atoms with van der Waals surface area (Å²) in [6, 6.07) is 18.6. The quantitative estimate of drug-likeness (QED) is 0.755. The Labute approximate surface area is 143 Å². The minimum Gasteiger partial charge on any atom is -0.463 e. The predicted molar refractivity (Wildman–Crippen MR) is 93.9 cm³/mol. The molecule has 0 amide bonds. The number of ether oxygens (including phenoxy) is 2. The number of esters is 1. The first-order valence-corrected chi connectivity index (χ1v) is 8.68. The van der Waals surface area contributed by atoms with Crippen LogP contribution in [-0.2, 0) is 27.1 Å². The van der Waals surface area contributed by atoms with Crippen molar-refractivity contribution in [1.29, 1.82) is 0 Å². The molecule has 0 saturated carbocycles. The van der Waals surface area contributed by atoms with Gasteiger partial charge in [0.05, 0.1) is 12.5 Å². The van der Waals surface area contributed by atoms with Crippen LogP contribution in [0.4, 0.5) is 0 Å². The van der Waals surface area contributed by atoms with Gasteiger partial charge >= 0.3 is 5.97 Å². The highest BCUT2D eigenvalue weighted by atomic mass is 16.6. The highest BCUT2D eigenvalue weighted by molar-refractivity contribution is 5.72. The van der Waals surface area contributed by atoms with Crippen LogP contribution in [-0.4, -0.2) is 25.3 Å². The summed E-state index contributed by atoms with van der Waals surface area (Å²) >= 11 is 0. The van der Waals surface area contributed by atoms with Gasteiger partial charge in [0.15, 0.2) is 0 Å². The summed E-state index contributed by atoms with van der Waals surface area (Å²) < 4.78 is 10.9. The van der Waals surface area contributed by atoms with Gasteiger partial charge < -0.3 is 9.47 Å². The molecule has 1 fully saturated rings. The molecule has 1 saturated heterocycles. The first-order valence-electron chi connectivity index (χ1n) is 8.68. The smallest absolute Gasteiger partial charge is 0.310 e. The zero-order valence-electron chi connectivity index (χ0n) is 13.9. The molecule has 1 atom stereocenters.